The molecule has 204 valence electrons. The number of alkyl halides is 6. The Bertz CT molecular complexity index is 1360. The molecule has 13 heteroatoms. The molecule has 38 heavy (non-hydrogen) atoms. The fourth-order valence-corrected chi connectivity index (χ4v) is 5.39. The fraction of sp³-hybridized carbons (Fsp3) is 0.440. The van der Waals surface area contributed by atoms with Crippen molar-refractivity contribution < 1.29 is 45.4 Å². The van der Waals surface area contributed by atoms with Crippen molar-refractivity contribution in [3.63, 3.8) is 0 Å². The van der Waals surface area contributed by atoms with Gasteiger partial charge in [-0.1, -0.05) is 0 Å². The van der Waals surface area contributed by atoms with Gasteiger partial charge in [0.25, 0.3) is 5.91 Å². The molecular weight excluding hydrogens is 523 g/mol. The summed E-state index contributed by atoms with van der Waals surface area (Å²) in [5.74, 6) is -1.98. The number of aromatic amines is 1. The van der Waals surface area contributed by atoms with Crippen LogP contribution < -0.4 is 4.74 Å². The molecule has 1 aliphatic carbocycles. The first-order valence-electron chi connectivity index (χ1n) is 11.9. The number of amides is 1. The molecule has 0 spiro atoms. The molecule has 3 heterocycles. The third kappa shape index (κ3) is 4.79. The molecule has 1 amide bonds. The summed E-state index contributed by atoms with van der Waals surface area (Å²) in [5.41, 5.74) is -1.62. The average Bonchev–Trinajstić information content (AvgIpc) is 3.20. The summed E-state index contributed by atoms with van der Waals surface area (Å²) < 4.78 is 96.7. The van der Waals surface area contributed by atoms with Gasteiger partial charge in [-0.15, -0.1) is 13.2 Å². The van der Waals surface area contributed by atoms with Crippen LogP contribution in [0.5, 0.6) is 5.75 Å². The standard InChI is InChI=1S/C25H22F7N3O3/c26-17-12-33-21-20(16-11-23(37,24(27,28)29)8-5-18(16)34-21)19(17)13-6-9-35(10-7-13)22(36)14-1-3-15(4-2-14)38-25(30,31)32/h1-4,12-13,37H,5-11H2,(H,33,34). The molecule has 0 bridgehead atoms. The number of carbonyl (C=O) groups excluding carboxylic acids is 1. The quantitative estimate of drug-likeness (QED) is 0.432. The number of rotatable bonds is 3. The van der Waals surface area contributed by atoms with Gasteiger partial charge >= 0.3 is 12.5 Å². The highest BCUT2D eigenvalue weighted by Gasteiger charge is 2.55. The number of benzene rings is 1. The first-order valence-corrected chi connectivity index (χ1v) is 11.9. The molecule has 1 unspecified atom stereocenters. The summed E-state index contributed by atoms with van der Waals surface area (Å²) in [6, 6.07) is 4.51. The van der Waals surface area contributed by atoms with Crippen LogP contribution in [0.3, 0.4) is 0 Å². The molecule has 0 saturated carbocycles. The van der Waals surface area contributed by atoms with E-state index in [-0.39, 0.29) is 47.2 Å². The van der Waals surface area contributed by atoms with Crippen LogP contribution in [0, 0.1) is 5.82 Å². The van der Waals surface area contributed by atoms with Gasteiger partial charge in [-0.05, 0) is 61.4 Å². The van der Waals surface area contributed by atoms with Crippen molar-refractivity contribution in [2.24, 2.45) is 0 Å². The van der Waals surface area contributed by atoms with Crippen LogP contribution in [0.15, 0.2) is 30.5 Å². The van der Waals surface area contributed by atoms with Crippen LogP contribution in [0.25, 0.3) is 11.0 Å². The lowest BCUT2D eigenvalue weighted by atomic mass is 9.79. The molecular formula is C25H22F7N3O3. The van der Waals surface area contributed by atoms with Crippen LogP contribution in [0.2, 0.25) is 0 Å². The van der Waals surface area contributed by atoms with Crippen molar-refractivity contribution in [2.45, 2.75) is 56.2 Å². The van der Waals surface area contributed by atoms with E-state index in [4.69, 9.17) is 0 Å². The number of halogens is 7. The number of piperidine rings is 1. The lowest BCUT2D eigenvalue weighted by Gasteiger charge is -2.35. The highest BCUT2D eigenvalue weighted by molar-refractivity contribution is 5.94. The van der Waals surface area contributed by atoms with E-state index in [1.165, 1.54) is 17.0 Å². The van der Waals surface area contributed by atoms with Crippen LogP contribution in [-0.2, 0) is 12.8 Å². The zero-order chi connectivity index (χ0) is 27.5. The highest BCUT2D eigenvalue weighted by atomic mass is 19.4. The Morgan fingerprint density at radius 2 is 1.76 bits per heavy atom. The zero-order valence-electron chi connectivity index (χ0n) is 19.7. The van der Waals surface area contributed by atoms with Crippen LogP contribution in [-0.4, -0.2) is 57.1 Å². The van der Waals surface area contributed by atoms with E-state index >= 15 is 4.39 Å². The van der Waals surface area contributed by atoms with Crippen molar-refractivity contribution in [1.29, 1.82) is 0 Å². The van der Waals surface area contributed by atoms with E-state index in [9.17, 15) is 36.2 Å². The molecule has 0 radical (unpaired) electrons. The minimum Gasteiger partial charge on any atom is -0.406 e. The van der Waals surface area contributed by atoms with Crippen molar-refractivity contribution in [2.75, 3.05) is 13.1 Å². The molecule has 2 N–H and O–H groups in total. The van der Waals surface area contributed by atoms with Gasteiger partial charge in [-0.3, -0.25) is 4.79 Å². The number of aryl methyl sites for hydroxylation is 1. The summed E-state index contributed by atoms with van der Waals surface area (Å²) in [4.78, 5) is 21.4. The molecule has 1 aliphatic heterocycles. The van der Waals surface area contributed by atoms with E-state index in [1.54, 1.807) is 0 Å². The Balaban J connectivity index is 1.36. The van der Waals surface area contributed by atoms with Crippen molar-refractivity contribution in [3.8, 4) is 5.75 Å². The van der Waals surface area contributed by atoms with Crippen LogP contribution in [0.1, 0.15) is 52.4 Å². The summed E-state index contributed by atoms with van der Waals surface area (Å²) in [7, 11) is 0. The molecule has 3 aromatic rings. The Labute approximate surface area is 211 Å². The van der Waals surface area contributed by atoms with E-state index in [1.807, 2.05) is 0 Å². The Morgan fingerprint density at radius 3 is 2.37 bits per heavy atom. The molecule has 5 rings (SSSR count). The second kappa shape index (κ2) is 9.14. The molecule has 2 aliphatic rings. The number of nitrogens with one attached hydrogen (secondary N) is 1. The maximum Gasteiger partial charge on any atom is 0.573 e. The summed E-state index contributed by atoms with van der Waals surface area (Å²) in [6.07, 6.45) is -9.38. The van der Waals surface area contributed by atoms with Gasteiger partial charge in [0.1, 0.15) is 17.2 Å². The first kappa shape index (κ1) is 26.3. The van der Waals surface area contributed by atoms with Gasteiger partial charge in [-0.2, -0.15) is 13.2 Å². The highest BCUT2D eigenvalue weighted by Crippen LogP contribution is 2.45. The van der Waals surface area contributed by atoms with Gasteiger partial charge < -0.3 is 19.7 Å². The van der Waals surface area contributed by atoms with Crippen molar-refractivity contribution in [3.05, 3.63) is 58.7 Å². The number of aromatic nitrogens is 2. The monoisotopic (exact) mass is 545 g/mol. The molecule has 6 nitrogen and oxygen atoms in total. The van der Waals surface area contributed by atoms with E-state index < -0.39 is 54.4 Å². The maximum absolute atomic E-state index is 15.1. The van der Waals surface area contributed by atoms with Gasteiger partial charge in [0.2, 0.25) is 0 Å². The van der Waals surface area contributed by atoms with Crippen molar-refractivity contribution >= 4 is 16.9 Å². The third-order valence-electron chi connectivity index (χ3n) is 7.32. The van der Waals surface area contributed by atoms with Crippen molar-refractivity contribution in [1.82, 2.24) is 14.9 Å². The number of H-pyrrole nitrogens is 1. The summed E-state index contributed by atoms with van der Waals surface area (Å²) >= 11 is 0. The summed E-state index contributed by atoms with van der Waals surface area (Å²) in [6.45, 7) is 0.402. The van der Waals surface area contributed by atoms with E-state index in [0.717, 1.165) is 18.3 Å². The van der Waals surface area contributed by atoms with Crippen LogP contribution >= 0.6 is 0 Å². The normalized spacial score (nSPS) is 21.0. The Morgan fingerprint density at radius 1 is 1.11 bits per heavy atom. The largest absolute Gasteiger partial charge is 0.573 e. The second-order valence-corrected chi connectivity index (χ2v) is 9.67. The maximum atomic E-state index is 15.1. The number of hydrogen-bond donors (Lipinski definition) is 2. The fourth-order valence-electron chi connectivity index (χ4n) is 5.39. The number of fused-ring (bicyclic) bond motifs is 3. The van der Waals surface area contributed by atoms with E-state index in [0.29, 0.717) is 18.5 Å². The Kier molecular flexibility index (Phi) is 6.32. The summed E-state index contributed by atoms with van der Waals surface area (Å²) in [5, 5.41) is 10.6. The smallest absolute Gasteiger partial charge is 0.406 e. The van der Waals surface area contributed by atoms with Crippen LogP contribution in [0.4, 0.5) is 30.7 Å². The zero-order valence-corrected chi connectivity index (χ0v) is 19.7. The molecule has 2 aromatic heterocycles. The van der Waals surface area contributed by atoms with Gasteiger partial charge in [0.15, 0.2) is 5.60 Å². The predicted octanol–water partition coefficient (Wildman–Crippen LogP) is 5.40. The third-order valence-corrected chi connectivity index (χ3v) is 7.32. The number of hydrogen-bond acceptors (Lipinski definition) is 4. The molecule has 1 fully saturated rings. The first-order chi connectivity index (χ1) is 17.8. The molecule has 1 aromatic carbocycles. The lowest BCUT2D eigenvalue weighted by Crippen LogP contribution is -2.49. The minimum absolute atomic E-state index is 0.0670. The number of nitrogens with zero attached hydrogens (tertiary/aromatic N) is 2. The molecule has 1 atom stereocenters. The molecule has 1 saturated heterocycles. The van der Waals surface area contributed by atoms with Gasteiger partial charge in [0, 0.05) is 41.7 Å². The number of ether oxygens (including phenoxy) is 1. The minimum atomic E-state index is -4.86. The second-order valence-electron chi connectivity index (χ2n) is 9.67. The predicted molar refractivity (Wildman–Crippen MR) is 120 cm³/mol. The number of aliphatic hydroxyl groups is 1. The topological polar surface area (TPSA) is 78.5 Å². The van der Waals surface area contributed by atoms with E-state index in [2.05, 4.69) is 14.7 Å². The Hall–Kier alpha value is -3.35. The number of likely N-dealkylation sites (tertiary alicyclic amines) is 1. The number of carbonyl (C=O) groups is 1. The lowest BCUT2D eigenvalue weighted by molar-refractivity contribution is -0.274. The average molecular weight is 545 g/mol. The van der Waals surface area contributed by atoms with Gasteiger partial charge in [-0.25, -0.2) is 9.37 Å². The number of pyridine rings is 1. The SMILES string of the molecule is O=C(c1ccc(OC(F)(F)F)cc1)N1CCC(c2c(F)cnc3[nH]c4c(c23)CC(O)(C(F)(F)F)CC4)CC1. The van der Waals surface area contributed by atoms with Gasteiger partial charge in [0.05, 0.1) is 6.20 Å².